The van der Waals surface area contributed by atoms with E-state index in [9.17, 15) is 4.39 Å². The zero-order chi connectivity index (χ0) is 16.6. The minimum absolute atomic E-state index is 0.189. The van der Waals surface area contributed by atoms with E-state index in [-0.39, 0.29) is 11.2 Å². The highest BCUT2D eigenvalue weighted by Gasteiger charge is 2.23. The molecule has 1 aliphatic carbocycles. The summed E-state index contributed by atoms with van der Waals surface area (Å²) in [5, 5.41) is 15.8. The molecule has 0 atom stereocenters. The first kappa shape index (κ1) is 15.1. The summed E-state index contributed by atoms with van der Waals surface area (Å²) in [4.78, 5) is 4.45. The van der Waals surface area contributed by atoms with E-state index >= 15 is 0 Å². The minimum Gasteiger partial charge on any atom is -0.404 e. The zero-order valence-corrected chi connectivity index (χ0v) is 12.6. The van der Waals surface area contributed by atoms with Crippen molar-refractivity contribution < 1.29 is 4.39 Å². The van der Waals surface area contributed by atoms with Crippen molar-refractivity contribution in [1.29, 1.82) is 10.8 Å². The number of allylic oxidation sites excluding steroid dienone is 1. The number of aryl methyl sites for hydroxylation is 1. The van der Waals surface area contributed by atoms with E-state index in [2.05, 4.69) is 4.98 Å². The molecule has 1 heterocycles. The summed E-state index contributed by atoms with van der Waals surface area (Å²) in [5.74, 6) is -0.515. The van der Waals surface area contributed by atoms with Crippen LogP contribution in [0.15, 0.2) is 12.3 Å². The molecule has 23 heavy (non-hydrogen) atoms. The first-order valence-electron chi connectivity index (χ1n) is 7.49. The largest absolute Gasteiger partial charge is 0.404 e. The van der Waals surface area contributed by atoms with Gasteiger partial charge in [-0.3, -0.25) is 0 Å². The fourth-order valence-electron chi connectivity index (χ4n) is 3.30. The van der Waals surface area contributed by atoms with Crippen LogP contribution in [0.25, 0.3) is 16.5 Å². The Kier molecular flexibility index (Phi) is 3.82. The van der Waals surface area contributed by atoms with Crippen molar-refractivity contribution in [2.75, 3.05) is 5.73 Å². The number of halogens is 1. The van der Waals surface area contributed by atoms with Gasteiger partial charge in [0.15, 0.2) is 5.82 Å². The first-order valence-corrected chi connectivity index (χ1v) is 7.49. The molecule has 0 radical (unpaired) electrons. The maximum Gasteiger partial charge on any atom is 0.151 e. The van der Waals surface area contributed by atoms with Crippen LogP contribution in [0, 0.1) is 16.6 Å². The number of aromatic nitrogens is 1. The van der Waals surface area contributed by atoms with Gasteiger partial charge in [-0.15, -0.1) is 0 Å². The van der Waals surface area contributed by atoms with E-state index in [1.165, 1.54) is 12.3 Å². The summed E-state index contributed by atoms with van der Waals surface area (Å²) in [6.07, 6.45) is 7.19. The number of nitrogen functional groups attached to an aromatic ring is 1. The molecule has 6 N–H and O–H groups in total. The summed E-state index contributed by atoms with van der Waals surface area (Å²) in [7, 11) is 0. The van der Waals surface area contributed by atoms with Crippen molar-refractivity contribution >= 4 is 34.6 Å². The SMILES string of the molecule is N=CC(=CN)c1nc2c(F)cc(N)c(C=N)c2c2c1CCCC2. The summed E-state index contributed by atoms with van der Waals surface area (Å²) in [6, 6.07) is 1.20. The van der Waals surface area contributed by atoms with Crippen LogP contribution in [0.3, 0.4) is 0 Å². The third-order valence-corrected chi connectivity index (χ3v) is 4.36. The maximum atomic E-state index is 14.5. The lowest BCUT2D eigenvalue weighted by Gasteiger charge is -2.23. The zero-order valence-electron chi connectivity index (χ0n) is 12.6. The summed E-state index contributed by atoms with van der Waals surface area (Å²) in [5.41, 5.74) is 15.4. The Morgan fingerprint density at radius 3 is 2.52 bits per heavy atom. The Labute approximate surface area is 133 Å². The van der Waals surface area contributed by atoms with Crippen LogP contribution in [0.5, 0.6) is 0 Å². The Hall–Kier alpha value is -2.76. The van der Waals surface area contributed by atoms with Gasteiger partial charge in [-0.2, -0.15) is 0 Å². The van der Waals surface area contributed by atoms with Crippen molar-refractivity contribution in [1.82, 2.24) is 4.98 Å². The molecule has 5 nitrogen and oxygen atoms in total. The number of pyridine rings is 1. The molecule has 1 aromatic carbocycles. The average molecular weight is 311 g/mol. The summed E-state index contributed by atoms with van der Waals surface area (Å²) >= 11 is 0. The molecule has 0 fully saturated rings. The van der Waals surface area contributed by atoms with Crippen LogP contribution in [0.1, 0.15) is 35.2 Å². The predicted molar refractivity (Wildman–Crippen MR) is 91.6 cm³/mol. The van der Waals surface area contributed by atoms with Gasteiger partial charge in [0.05, 0.1) is 5.69 Å². The highest BCUT2D eigenvalue weighted by molar-refractivity contribution is 6.10. The van der Waals surface area contributed by atoms with E-state index in [0.717, 1.165) is 49.2 Å². The molecule has 0 saturated carbocycles. The fourth-order valence-corrected chi connectivity index (χ4v) is 3.30. The molecule has 6 heteroatoms. The topological polar surface area (TPSA) is 113 Å². The normalized spacial score (nSPS) is 14.6. The second kappa shape index (κ2) is 5.79. The van der Waals surface area contributed by atoms with Gasteiger partial charge in [0.25, 0.3) is 0 Å². The van der Waals surface area contributed by atoms with E-state index in [4.69, 9.17) is 22.3 Å². The molecule has 1 aromatic heterocycles. The number of rotatable bonds is 3. The predicted octanol–water partition coefficient (Wildman–Crippen LogP) is 2.78. The summed E-state index contributed by atoms with van der Waals surface area (Å²) < 4.78 is 14.5. The van der Waals surface area contributed by atoms with Crippen molar-refractivity contribution in [3.63, 3.8) is 0 Å². The molecule has 0 aliphatic heterocycles. The van der Waals surface area contributed by atoms with Gasteiger partial charge in [0.2, 0.25) is 0 Å². The smallest absolute Gasteiger partial charge is 0.151 e. The van der Waals surface area contributed by atoms with Gasteiger partial charge in [-0.1, -0.05) is 0 Å². The molecule has 0 bridgehead atoms. The molecule has 0 saturated heterocycles. The van der Waals surface area contributed by atoms with Gasteiger partial charge in [0.1, 0.15) is 5.52 Å². The Morgan fingerprint density at radius 2 is 1.91 bits per heavy atom. The van der Waals surface area contributed by atoms with Crippen LogP contribution in [0.4, 0.5) is 10.1 Å². The second-order valence-corrected chi connectivity index (χ2v) is 5.62. The molecule has 0 spiro atoms. The molecule has 2 aromatic rings. The monoisotopic (exact) mass is 311 g/mol. The van der Waals surface area contributed by atoms with Gasteiger partial charge in [0, 0.05) is 40.8 Å². The first-order chi connectivity index (χ1) is 11.1. The number of hydrogen-bond donors (Lipinski definition) is 4. The van der Waals surface area contributed by atoms with Crippen molar-refractivity contribution in [3.05, 3.63) is 40.5 Å². The lowest BCUT2D eigenvalue weighted by molar-refractivity contribution is 0.635. The molecular formula is C17H18FN5. The maximum absolute atomic E-state index is 14.5. The highest BCUT2D eigenvalue weighted by atomic mass is 19.1. The Morgan fingerprint density at radius 1 is 1.22 bits per heavy atom. The molecular weight excluding hydrogens is 293 g/mol. The number of nitrogens with one attached hydrogen (secondary N) is 2. The third-order valence-electron chi connectivity index (χ3n) is 4.36. The fraction of sp³-hybridized carbons (Fsp3) is 0.235. The lowest BCUT2D eigenvalue weighted by atomic mass is 9.85. The van der Waals surface area contributed by atoms with Crippen molar-refractivity contribution in [3.8, 4) is 0 Å². The molecule has 0 amide bonds. The third kappa shape index (κ3) is 2.27. The quantitative estimate of drug-likeness (QED) is 0.516. The van der Waals surface area contributed by atoms with Crippen LogP contribution in [0.2, 0.25) is 0 Å². The van der Waals surface area contributed by atoms with E-state index in [1.807, 2.05) is 0 Å². The van der Waals surface area contributed by atoms with Gasteiger partial charge in [-0.25, -0.2) is 9.37 Å². The van der Waals surface area contributed by atoms with Crippen LogP contribution in [-0.2, 0) is 12.8 Å². The van der Waals surface area contributed by atoms with Gasteiger partial charge < -0.3 is 22.3 Å². The van der Waals surface area contributed by atoms with Crippen molar-refractivity contribution in [2.24, 2.45) is 5.73 Å². The van der Waals surface area contributed by atoms with E-state index in [1.54, 1.807) is 0 Å². The van der Waals surface area contributed by atoms with Crippen molar-refractivity contribution in [2.45, 2.75) is 25.7 Å². The minimum atomic E-state index is -0.515. The number of nitrogens with zero attached hydrogens (tertiary/aromatic N) is 1. The molecule has 1 aliphatic rings. The second-order valence-electron chi connectivity index (χ2n) is 5.62. The molecule has 118 valence electrons. The number of anilines is 1. The van der Waals surface area contributed by atoms with E-state index < -0.39 is 5.82 Å². The Balaban J connectivity index is 2.51. The van der Waals surface area contributed by atoms with Crippen LogP contribution < -0.4 is 11.5 Å². The number of fused-ring (bicyclic) bond motifs is 3. The van der Waals surface area contributed by atoms with Gasteiger partial charge in [-0.05, 0) is 42.9 Å². The van der Waals surface area contributed by atoms with Crippen LogP contribution in [-0.4, -0.2) is 17.4 Å². The number of hydrogen-bond acceptors (Lipinski definition) is 5. The molecule has 3 rings (SSSR count). The Bertz CT molecular complexity index is 854. The molecule has 0 unspecified atom stereocenters. The number of nitrogens with two attached hydrogens (primary N) is 2. The standard InChI is InChI=1S/C17H18FN5/c18-13-5-14(22)12(8-21)15-10-3-1-2-4-11(10)16(23-17(13)15)9(6-19)7-20/h5-8,19,21H,1-4,20,22H2. The van der Waals surface area contributed by atoms with Gasteiger partial charge >= 0.3 is 0 Å². The van der Waals surface area contributed by atoms with E-state index in [0.29, 0.717) is 22.2 Å². The van der Waals surface area contributed by atoms with Crippen LogP contribution >= 0.6 is 0 Å². The highest BCUT2D eigenvalue weighted by Crippen LogP contribution is 2.36. The average Bonchev–Trinajstić information content (AvgIpc) is 2.56. The lowest BCUT2D eigenvalue weighted by Crippen LogP contribution is -2.13. The summed E-state index contributed by atoms with van der Waals surface area (Å²) in [6.45, 7) is 0. The number of benzene rings is 1.